The Kier molecular flexibility index (Phi) is 2.31. The molecule has 0 saturated heterocycles. The first-order chi connectivity index (χ1) is 7.13. The highest BCUT2D eigenvalue weighted by atomic mass is 16.4. The summed E-state index contributed by atoms with van der Waals surface area (Å²) >= 11 is 0. The maximum absolute atomic E-state index is 11.6. The first-order valence-electron chi connectivity index (χ1n) is 5.02. The van der Waals surface area contributed by atoms with Crippen molar-refractivity contribution in [3.05, 3.63) is 34.9 Å². The third kappa shape index (κ3) is 1.54. The largest absolute Gasteiger partial charge is 0.411 e. The summed E-state index contributed by atoms with van der Waals surface area (Å²) in [5, 5.41) is 11.7. The van der Waals surface area contributed by atoms with Gasteiger partial charge in [-0.25, -0.2) is 0 Å². The van der Waals surface area contributed by atoms with Crippen molar-refractivity contribution in [2.75, 3.05) is 0 Å². The summed E-state index contributed by atoms with van der Waals surface area (Å²) in [5.74, 6) is 0.295. The van der Waals surface area contributed by atoms with Gasteiger partial charge < -0.3 is 5.21 Å². The van der Waals surface area contributed by atoms with E-state index in [1.807, 2.05) is 18.2 Å². The average Bonchev–Trinajstić information content (AvgIpc) is 2.55. The monoisotopic (exact) mass is 203 g/mol. The number of fused-ring (bicyclic) bond motifs is 1. The predicted octanol–water partition coefficient (Wildman–Crippen LogP) is 2.38. The molecule has 0 heterocycles. The first-order valence-corrected chi connectivity index (χ1v) is 5.02. The molecule has 0 bridgehead atoms. The number of oxime groups is 1. The fourth-order valence-electron chi connectivity index (χ4n) is 1.84. The Morgan fingerprint density at radius 3 is 2.73 bits per heavy atom. The molecule has 3 heteroatoms. The van der Waals surface area contributed by atoms with Crippen molar-refractivity contribution in [2.24, 2.45) is 5.16 Å². The summed E-state index contributed by atoms with van der Waals surface area (Å²) in [6, 6.07) is 5.81. The maximum Gasteiger partial charge on any atom is 0.211 e. The van der Waals surface area contributed by atoms with Gasteiger partial charge in [-0.2, -0.15) is 0 Å². The Hall–Kier alpha value is -1.64. The highest BCUT2D eigenvalue weighted by Gasteiger charge is 2.27. The lowest BCUT2D eigenvalue weighted by molar-refractivity contribution is 0.106. The van der Waals surface area contributed by atoms with Gasteiger partial charge in [-0.15, -0.1) is 0 Å². The second-order valence-electron chi connectivity index (χ2n) is 4.12. The van der Waals surface area contributed by atoms with E-state index in [-0.39, 0.29) is 11.5 Å². The van der Waals surface area contributed by atoms with Crippen LogP contribution in [0.3, 0.4) is 0 Å². The van der Waals surface area contributed by atoms with Crippen LogP contribution < -0.4 is 0 Å². The van der Waals surface area contributed by atoms with Crippen molar-refractivity contribution in [1.29, 1.82) is 0 Å². The summed E-state index contributed by atoms with van der Waals surface area (Å²) in [5.41, 5.74) is 3.10. The average molecular weight is 203 g/mol. The van der Waals surface area contributed by atoms with Gasteiger partial charge in [-0.3, -0.25) is 4.79 Å². The van der Waals surface area contributed by atoms with E-state index in [0.717, 1.165) is 5.56 Å². The van der Waals surface area contributed by atoms with E-state index in [0.29, 0.717) is 17.9 Å². The second-order valence-corrected chi connectivity index (χ2v) is 4.12. The Bertz CT molecular complexity index is 447. The molecule has 15 heavy (non-hydrogen) atoms. The topological polar surface area (TPSA) is 49.7 Å². The number of hydrogen-bond acceptors (Lipinski definition) is 3. The molecular weight excluding hydrogens is 190 g/mol. The van der Waals surface area contributed by atoms with Crippen molar-refractivity contribution >= 4 is 11.5 Å². The third-order valence-electron chi connectivity index (χ3n) is 2.78. The Morgan fingerprint density at radius 2 is 2.13 bits per heavy atom. The Labute approximate surface area is 88.4 Å². The smallest absolute Gasteiger partial charge is 0.211 e. The van der Waals surface area contributed by atoms with Gasteiger partial charge in [0.1, 0.15) is 5.71 Å². The summed E-state index contributed by atoms with van der Waals surface area (Å²) in [4.78, 5) is 11.6. The minimum absolute atomic E-state index is 0.150. The van der Waals surface area contributed by atoms with Crippen LogP contribution in [-0.2, 0) is 6.42 Å². The fourth-order valence-corrected chi connectivity index (χ4v) is 1.84. The molecule has 1 aliphatic rings. The first kappa shape index (κ1) is 9.90. The highest BCUT2D eigenvalue weighted by Crippen LogP contribution is 2.24. The van der Waals surface area contributed by atoms with Crippen molar-refractivity contribution < 1.29 is 10.0 Å². The summed E-state index contributed by atoms with van der Waals surface area (Å²) < 4.78 is 0. The quantitative estimate of drug-likeness (QED) is 0.562. The number of carbonyl (C=O) groups is 1. The number of nitrogens with zero attached hydrogens (tertiary/aromatic N) is 1. The molecule has 1 aromatic carbocycles. The Morgan fingerprint density at radius 1 is 1.40 bits per heavy atom. The van der Waals surface area contributed by atoms with E-state index in [1.165, 1.54) is 5.56 Å². The lowest BCUT2D eigenvalue weighted by Crippen LogP contribution is -2.06. The van der Waals surface area contributed by atoms with Crippen LogP contribution in [0.2, 0.25) is 0 Å². The van der Waals surface area contributed by atoms with Gasteiger partial charge in [-0.1, -0.05) is 37.2 Å². The summed E-state index contributed by atoms with van der Waals surface area (Å²) in [7, 11) is 0. The molecule has 3 nitrogen and oxygen atoms in total. The molecule has 78 valence electrons. The van der Waals surface area contributed by atoms with Crippen LogP contribution in [0, 0.1) is 0 Å². The van der Waals surface area contributed by atoms with Gasteiger partial charge in [0.2, 0.25) is 5.78 Å². The zero-order valence-electron chi connectivity index (χ0n) is 8.82. The van der Waals surface area contributed by atoms with Crippen LogP contribution in [0.15, 0.2) is 23.4 Å². The van der Waals surface area contributed by atoms with Crippen LogP contribution in [0.5, 0.6) is 0 Å². The van der Waals surface area contributed by atoms with E-state index >= 15 is 0 Å². The number of carbonyl (C=O) groups excluding carboxylic acids is 1. The van der Waals surface area contributed by atoms with Gasteiger partial charge in [0.15, 0.2) is 0 Å². The molecule has 0 saturated carbocycles. The molecule has 0 radical (unpaired) electrons. The molecule has 1 aliphatic carbocycles. The van der Waals surface area contributed by atoms with Crippen LogP contribution in [-0.4, -0.2) is 16.7 Å². The van der Waals surface area contributed by atoms with Gasteiger partial charge >= 0.3 is 0 Å². The number of Topliss-reactive ketones (excluding diaryl/α,β-unsaturated/α-hetero) is 1. The number of ketones is 1. The van der Waals surface area contributed by atoms with E-state index in [2.05, 4.69) is 19.0 Å². The summed E-state index contributed by atoms with van der Waals surface area (Å²) in [6.45, 7) is 4.22. The number of benzene rings is 1. The van der Waals surface area contributed by atoms with E-state index in [4.69, 9.17) is 5.21 Å². The molecule has 1 aromatic rings. The second kappa shape index (κ2) is 3.50. The van der Waals surface area contributed by atoms with Crippen LogP contribution in [0.4, 0.5) is 0 Å². The lowest BCUT2D eigenvalue weighted by Gasteiger charge is -2.06. The van der Waals surface area contributed by atoms with E-state index in [1.54, 1.807) is 0 Å². The molecular formula is C12H13NO2. The molecule has 0 aliphatic heterocycles. The predicted molar refractivity (Wildman–Crippen MR) is 57.8 cm³/mol. The molecule has 0 amide bonds. The molecule has 0 unspecified atom stereocenters. The van der Waals surface area contributed by atoms with Crippen molar-refractivity contribution in [1.82, 2.24) is 0 Å². The highest BCUT2D eigenvalue weighted by molar-refractivity contribution is 6.49. The minimum atomic E-state index is -0.150. The van der Waals surface area contributed by atoms with Crippen molar-refractivity contribution in [2.45, 2.75) is 26.2 Å². The minimum Gasteiger partial charge on any atom is -0.411 e. The molecule has 1 N–H and O–H groups in total. The van der Waals surface area contributed by atoms with Crippen LogP contribution in [0.25, 0.3) is 0 Å². The van der Waals surface area contributed by atoms with Crippen LogP contribution in [0.1, 0.15) is 41.3 Å². The zero-order valence-corrected chi connectivity index (χ0v) is 8.82. The van der Waals surface area contributed by atoms with Gasteiger partial charge in [0.25, 0.3) is 0 Å². The molecule has 0 fully saturated rings. The van der Waals surface area contributed by atoms with Crippen molar-refractivity contribution in [3.8, 4) is 0 Å². The molecule has 0 aromatic heterocycles. The standard InChI is InChI=1S/C12H13NO2/c1-7(2)8-3-4-10-9(5-8)6-11(13-15)12(10)14/h3-5,7,15H,6H2,1-2H3/b13-11+. The Balaban J connectivity index is 2.47. The van der Waals surface area contributed by atoms with Crippen LogP contribution >= 0.6 is 0 Å². The van der Waals surface area contributed by atoms with Gasteiger partial charge in [0.05, 0.1) is 0 Å². The van der Waals surface area contributed by atoms with E-state index in [9.17, 15) is 4.79 Å². The molecule has 0 spiro atoms. The van der Waals surface area contributed by atoms with Gasteiger partial charge in [0, 0.05) is 12.0 Å². The van der Waals surface area contributed by atoms with Gasteiger partial charge in [-0.05, 0) is 17.0 Å². The lowest BCUT2D eigenvalue weighted by atomic mass is 9.98. The summed E-state index contributed by atoms with van der Waals surface area (Å²) in [6.07, 6.45) is 0.450. The van der Waals surface area contributed by atoms with E-state index < -0.39 is 0 Å². The number of hydrogen-bond donors (Lipinski definition) is 1. The normalized spacial score (nSPS) is 17.5. The SMILES string of the molecule is CC(C)c1ccc2c(c1)C/C(=N\O)C2=O. The fraction of sp³-hybridized carbons (Fsp3) is 0.333. The third-order valence-corrected chi connectivity index (χ3v) is 2.78. The van der Waals surface area contributed by atoms with Crippen molar-refractivity contribution in [3.63, 3.8) is 0 Å². The zero-order chi connectivity index (χ0) is 11.0. The maximum atomic E-state index is 11.6. The molecule has 2 rings (SSSR count). The number of rotatable bonds is 1. The molecule has 0 atom stereocenters.